The van der Waals surface area contributed by atoms with E-state index in [-0.39, 0.29) is 23.9 Å². The third-order valence-electron chi connectivity index (χ3n) is 3.79. The van der Waals surface area contributed by atoms with Gasteiger partial charge in [-0.25, -0.2) is 4.98 Å². The van der Waals surface area contributed by atoms with Crippen molar-refractivity contribution in [2.75, 3.05) is 5.32 Å². The number of carbonyl (C=O) groups is 1. The highest BCUT2D eigenvalue weighted by molar-refractivity contribution is 5.90. The zero-order valence-electron chi connectivity index (χ0n) is 13.2. The smallest absolute Gasteiger partial charge is 0.302 e. The van der Waals surface area contributed by atoms with Gasteiger partial charge in [0.2, 0.25) is 5.91 Å². The van der Waals surface area contributed by atoms with Crippen molar-refractivity contribution in [2.24, 2.45) is 0 Å². The van der Waals surface area contributed by atoms with Gasteiger partial charge in [0.05, 0.1) is 10.9 Å². The number of rotatable bonds is 4. The van der Waals surface area contributed by atoms with E-state index in [0.717, 1.165) is 0 Å². The van der Waals surface area contributed by atoms with Gasteiger partial charge in [-0.15, -0.1) is 0 Å². The molecule has 4 rings (SSSR count). The number of benzene rings is 2. The molecule has 2 aromatic carbocycles. The third kappa shape index (κ3) is 3.12. The molecule has 0 unspecified atom stereocenters. The van der Waals surface area contributed by atoms with E-state index in [1.807, 2.05) is 18.2 Å². The summed E-state index contributed by atoms with van der Waals surface area (Å²) >= 11 is 0. The fourth-order valence-corrected chi connectivity index (χ4v) is 2.59. The number of anilines is 1. The minimum atomic E-state index is -0.262. The van der Waals surface area contributed by atoms with Crippen molar-refractivity contribution in [3.05, 3.63) is 64.7 Å². The van der Waals surface area contributed by atoms with Crippen LogP contribution in [0.5, 0.6) is 0 Å². The molecule has 0 fully saturated rings. The maximum Gasteiger partial charge on any atom is 0.302 e. The molecule has 7 nitrogen and oxygen atoms in total. The van der Waals surface area contributed by atoms with E-state index in [1.54, 1.807) is 30.3 Å². The maximum atomic E-state index is 12.1. The molecular weight excluding hydrogens is 320 g/mol. The second-order valence-electron chi connectivity index (χ2n) is 5.56. The molecule has 7 heteroatoms. The van der Waals surface area contributed by atoms with Crippen LogP contribution in [-0.2, 0) is 11.2 Å². The number of H-pyrrole nitrogens is 1. The van der Waals surface area contributed by atoms with Gasteiger partial charge in [-0.2, -0.15) is 4.98 Å². The van der Waals surface area contributed by atoms with Crippen LogP contribution in [-0.4, -0.2) is 20.9 Å². The number of carbonyl (C=O) groups excluding carboxylic acids is 1. The van der Waals surface area contributed by atoms with E-state index in [9.17, 15) is 9.59 Å². The predicted molar refractivity (Wildman–Crippen MR) is 93.3 cm³/mol. The molecular formula is C18H14N4O3. The Morgan fingerprint density at radius 1 is 1.04 bits per heavy atom. The van der Waals surface area contributed by atoms with Crippen LogP contribution in [0.25, 0.3) is 22.0 Å². The van der Waals surface area contributed by atoms with Crippen molar-refractivity contribution in [3.63, 3.8) is 0 Å². The molecule has 0 aliphatic rings. The number of hydrogen-bond acceptors (Lipinski definition) is 5. The molecule has 124 valence electrons. The normalized spacial score (nSPS) is 11.0. The number of hydrogen-bond donors (Lipinski definition) is 2. The standard InChI is InChI=1S/C18H14N4O3/c23-16(22-18-20-13-7-3-4-8-14(13)25-18)10-9-15-19-12-6-2-1-5-11(12)17(24)21-15/h1-8H,9-10H2,(H,19,21,24)(H,20,22,23). The predicted octanol–water partition coefficient (Wildman–Crippen LogP) is 2.64. The summed E-state index contributed by atoms with van der Waals surface area (Å²) < 4.78 is 5.45. The van der Waals surface area contributed by atoms with Gasteiger partial charge in [-0.05, 0) is 24.3 Å². The molecule has 2 heterocycles. The monoisotopic (exact) mass is 334 g/mol. The Bertz CT molecular complexity index is 1100. The van der Waals surface area contributed by atoms with Crippen molar-refractivity contribution in [2.45, 2.75) is 12.8 Å². The first-order valence-electron chi connectivity index (χ1n) is 7.82. The molecule has 0 saturated heterocycles. The lowest BCUT2D eigenvalue weighted by molar-refractivity contribution is -0.116. The summed E-state index contributed by atoms with van der Waals surface area (Å²) in [5.41, 5.74) is 1.69. The number of aromatic nitrogens is 3. The lowest BCUT2D eigenvalue weighted by Gasteiger charge is -2.03. The van der Waals surface area contributed by atoms with Crippen LogP contribution in [0.1, 0.15) is 12.2 Å². The van der Waals surface area contributed by atoms with Gasteiger partial charge in [0.1, 0.15) is 11.3 Å². The summed E-state index contributed by atoms with van der Waals surface area (Å²) in [5.74, 6) is 0.207. The zero-order chi connectivity index (χ0) is 17.2. The van der Waals surface area contributed by atoms with Crippen LogP contribution >= 0.6 is 0 Å². The number of oxazole rings is 1. The van der Waals surface area contributed by atoms with Gasteiger partial charge in [0.15, 0.2) is 5.58 Å². The van der Waals surface area contributed by atoms with Gasteiger partial charge in [0.25, 0.3) is 5.56 Å². The van der Waals surface area contributed by atoms with Crippen LogP contribution < -0.4 is 10.9 Å². The zero-order valence-corrected chi connectivity index (χ0v) is 13.2. The molecule has 0 aliphatic carbocycles. The molecule has 0 saturated carbocycles. The molecule has 0 spiro atoms. The van der Waals surface area contributed by atoms with E-state index >= 15 is 0 Å². The minimum absolute atomic E-state index is 0.153. The highest BCUT2D eigenvalue weighted by atomic mass is 16.4. The molecule has 0 radical (unpaired) electrons. The van der Waals surface area contributed by atoms with Crippen LogP contribution in [0.15, 0.2) is 57.7 Å². The van der Waals surface area contributed by atoms with Gasteiger partial charge >= 0.3 is 6.01 Å². The topological polar surface area (TPSA) is 101 Å². The molecule has 1 amide bonds. The lowest BCUT2D eigenvalue weighted by atomic mass is 10.2. The lowest BCUT2D eigenvalue weighted by Crippen LogP contribution is -2.16. The fourth-order valence-electron chi connectivity index (χ4n) is 2.59. The third-order valence-corrected chi connectivity index (χ3v) is 3.79. The number of para-hydroxylation sites is 3. The number of fused-ring (bicyclic) bond motifs is 2. The van der Waals surface area contributed by atoms with Gasteiger partial charge in [-0.3, -0.25) is 14.9 Å². The first-order chi connectivity index (χ1) is 12.2. The Hall–Kier alpha value is -3.48. The Kier molecular flexibility index (Phi) is 3.74. The number of aryl methyl sites for hydroxylation is 1. The highest BCUT2D eigenvalue weighted by Crippen LogP contribution is 2.18. The number of amides is 1. The quantitative estimate of drug-likeness (QED) is 0.597. The molecule has 0 bridgehead atoms. The summed E-state index contributed by atoms with van der Waals surface area (Å²) in [6.45, 7) is 0. The summed E-state index contributed by atoms with van der Waals surface area (Å²) in [4.78, 5) is 35.4. The van der Waals surface area contributed by atoms with Gasteiger partial charge < -0.3 is 9.40 Å². The van der Waals surface area contributed by atoms with E-state index in [4.69, 9.17) is 4.42 Å². The van der Waals surface area contributed by atoms with Gasteiger partial charge in [-0.1, -0.05) is 24.3 Å². The van der Waals surface area contributed by atoms with Crippen molar-refractivity contribution in [1.82, 2.24) is 15.0 Å². The number of nitrogens with one attached hydrogen (secondary N) is 2. The highest BCUT2D eigenvalue weighted by Gasteiger charge is 2.10. The van der Waals surface area contributed by atoms with E-state index in [1.165, 1.54) is 0 Å². The average Bonchev–Trinajstić information content (AvgIpc) is 3.02. The Morgan fingerprint density at radius 3 is 2.64 bits per heavy atom. The summed E-state index contributed by atoms with van der Waals surface area (Å²) in [6, 6.07) is 14.5. The van der Waals surface area contributed by atoms with Crippen LogP contribution in [0.4, 0.5) is 6.01 Å². The Labute approximate surface area is 141 Å². The minimum Gasteiger partial charge on any atom is -0.423 e. The average molecular weight is 334 g/mol. The summed E-state index contributed by atoms with van der Waals surface area (Å²) in [5, 5.41) is 3.15. The molecule has 25 heavy (non-hydrogen) atoms. The van der Waals surface area contributed by atoms with E-state index in [0.29, 0.717) is 34.2 Å². The fraction of sp³-hybridized carbons (Fsp3) is 0.111. The Balaban J connectivity index is 1.45. The van der Waals surface area contributed by atoms with E-state index < -0.39 is 0 Å². The number of aromatic amines is 1. The maximum absolute atomic E-state index is 12.1. The van der Waals surface area contributed by atoms with Crippen molar-refractivity contribution >= 4 is 33.9 Å². The second kappa shape index (κ2) is 6.20. The molecule has 2 aromatic heterocycles. The SMILES string of the molecule is O=C(CCc1nc2ccccc2c(=O)[nH]1)Nc1nc2ccccc2o1. The van der Waals surface area contributed by atoms with Crippen molar-refractivity contribution in [3.8, 4) is 0 Å². The van der Waals surface area contributed by atoms with Gasteiger partial charge in [0, 0.05) is 12.8 Å². The largest absolute Gasteiger partial charge is 0.423 e. The second-order valence-corrected chi connectivity index (χ2v) is 5.56. The number of nitrogens with zero attached hydrogens (tertiary/aromatic N) is 2. The summed E-state index contributed by atoms with van der Waals surface area (Å²) in [7, 11) is 0. The Morgan fingerprint density at radius 2 is 1.80 bits per heavy atom. The van der Waals surface area contributed by atoms with Crippen molar-refractivity contribution < 1.29 is 9.21 Å². The van der Waals surface area contributed by atoms with Crippen LogP contribution in [0.3, 0.4) is 0 Å². The van der Waals surface area contributed by atoms with Crippen LogP contribution in [0, 0.1) is 0 Å². The molecule has 0 atom stereocenters. The van der Waals surface area contributed by atoms with Crippen LogP contribution in [0.2, 0.25) is 0 Å². The molecule has 4 aromatic rings. The summed E-state index contributed by atoms with van der Waals surface area (Å²) in [6.07, 6.45) is 0.464. The molecule has 2 N–H and O–H groups in total. The first kappa shape index (κ1) is 15.1. The van der Waals surface area contributed by atoms with E-state index in [2.05, 4.69) is 20.3 Å². The molecule has 0 aliphatic heterocycles. The first-order valence-corrected chi connectivity index (χ1v) is 7.82. The van der Waals surface area contributed by atoms with Crippen molar-refractivity contribution in [1.29, 1.82) is 0 Å².